The van der Waals surface area contributed by atoms with Crippen molar-refractivity contribution in [1.29, 1.82) is 5.26 Å². The van der Waals surface area contributed by atoms with Gasteiger partial charge in [0.25, 0.3) is 0 Å². The Labute approximate surface area is 114 Å². The summed E-state index contributed by atoms with van der Waals surface area (Å²) in [7, 11) is -3.52. The highest BCUT2D eigenvalue weighted by Crippen LogP contribution is 2.22. The smallest absolute Gasteiger partial charge is 0.206 e. The maximum atomic E-state index is 12.0. The number of thiophene rings is 2. The van der Waals surface area contributed by atoms with Crippen LogP contribution in [0.15, 0.2) is 27.8 Å². The molecule has 1 N–H and O–H groups in total. The number of hydrogen-bond acceptors (Lipinski definition) is 5. The average molecular weight is 298 g/mol. The van der Waals surface area contributed by atoms with Gasteiger partial charge in [0.05, 0.1) is 0 Å². The van der Waals surface area contributed by atoms with E-state index in [1.165, 1.54) is 23.5 Å². The second-order valence-electron chi connectivity index (χ2n) is 3.58. The minimum Gasteiger partial charge on any atom is -0.206 e. The van der Waals surface area contributed by atoms with Crippen LogP contribution in [-0.4, -0.2) is 8.42 Å². The van der Waals surface area contributed by atoms with E-state index in [1.54, 1.807) is 0 Å². The van der Waals surface area contributed by atoms with Crippen molar-refractivity contribution in [1.82, 2.24) is 4.72 Å². The molecule has 0 amide bonds. The highest BCUT2D eigenvalue weighted by atomic mass is 32.2. The van der Waals surface area contributed by atoms with Crippen molar-refractivity contribution in [3.63, 3.8) is 0 Å². The molecule has 0 aliphatic carbocycles. The normalized spacial score (nSPS) is 11.3. The minimum atomic E-state index is -3.52. The third kappa shape index (κ3) is 2.79. The van der Waals surface area contributed by atoms with Gasteiger partial charge in [-0.2, -0.15) is 5.26 Å². The zero-order valence-corrected chi connectivity index (χ0v) is 12.0. The van der Waals surface area contributed by atoms with Gasteiger partial charge in [0.1, 0.15) is 15.2 Å². The maximum Gasteiger partial charge on any atom is 0.250 e. The Morgan fingerprint density at radius 2 is 2.17 bits per heavy atom. The monoisotopic (exact) mass is 298 g/mol. The Morgan fingerprint density at radius 1 is 1.39 bits per heavy atom. The largest absolute Gasteiger partial charge is 0.250 e. The van der Waals surface area contributed by atoms with E-state index < -0.39 is 10.0 Å². The van der Waals surface area contributed by atoms with Crippen LogP contribution in [0.1, 0.15) is 15.3 Å². The Bertz CT molecular complexity index is 692. The van der Waals surface area contributed by atoms with Crippen LogP contribution in [0.2, 0.25) is 0 Å². The molecule has 0 aliphatic heterocycles. The molecule has 0 aliphatic rings. The first-order valence-corrected chi connectivity index (χ1v) is 8.23. The van der Waals surface area contributed by atoms with Crippen LogP contribution in [0.3, 0.4) is 0 Å². The van der Waals surface area contributed by atoms with Crippen molar-refractivity contribution in [3.05, 3.63) is 38.9 Å². The summed E-state index contributed by atoms with van der Waals surface area (Å²) in [4.78, 5) is 1.39. The SMILES string of the molecule is Cc1ccsc1CNS(=O)(=O)c1ccc(C#N)s1. The van der Waals surface area contributed by atoms with E-state index in [4.69, 9.17) is 5.26 Å². The summed E-state index contributed by atoms with van der Waals surface area (Å²) in [6.45, 7) is 2.23. The van der Waals surface area contributed by atoms with Crippen molar-refractivity contribution in [2.24, 2.45) is 0 Å². The van der Waals surface area contributed by atoms with Crippen molar-refractivity contribution in [3.8, 4) is 6.07 Å². The number of nitriles is 1. The standard InChI is InChI=1S/C11H10N2O2S3/c1-8-4-5-16-10(8)7-13-18(14,15)11-3-2-9(6-12)17-11/h2-5,13H,7H2,1H3. The highest BCUT2D eigenvalue weighted by molar-refractivity contribution is 7.91. The molecule has 2 heterocycles. The fraction of sp³-hybridized carbons (Fsp3) is 0.182. The lowest BCUT2D eigenvalue weighted by Crippen LogP contribution is -2.22. The average Bonchev–Trinajstić information content (AvgIpc) is 2.95. The van der Waals surface area contributed by atoms with Gasteiger partial charge >= 0.3 is 0 Å². The summed E-state index contributed by atoms with van der Waals surface area (Å²) >= 11 is 2.49. The molecule has 18 heavy (non-hydrogen) atoms. The predicted molar refractivity (Wildman–Crippen MR) is 72.1 cm³/mol. The molecule has 4 nitrogen and oxygen atoms in total. The number of aryl methyl sites for hydroxylation is 1. The Hall–Kier alpha value is -1.20. The van der Waals surface area contributed by atoms with Gasteiger partial charge in [-0.15, -0.1) is 22.7 Å². The summed E-state index contributed by atoms with van der Waals surface area (Å²) in [5.74, 6) is 0. The zero-order chi connectivity index (χ0) is 13.2. The first-order valence-electron chi connectivity index (χ1n) is 5.05. The van der Waals surface area contributed by atoms with Crippen LogP contribution < -0.4 is 4.72 Å². The Kier molecular flexibility index (Phi) is 3.82. The quantitative estimate of drug-likeness (QED) is 0.942. The highest BCUT2D eigenvalue weighted by Gasteiger charge is 2.17. The van der Waals surface area contributed by atoms with Crippen LogP contribution in [0.5, 0.6) is 0 Å². The summed E-state index contributed by atoms with van der Waals surface area (Å²) in [6, 6.07) is 6.84. The molecular formula is C11H10N2O2S3. The molecule has 0 bridgehead atoms. The third-order valence-electron chi connectivity index (χ3n) is 2.35. The lowest BCUT2D eigenvalue weighted by molar-refractivity contribution is 0.584. The summed E-state index contributed by atoms with van der Waals surface area (Å²) in [5.41, 5.74) is 1.08. The van der Waals surface area contributed by atoms with Crippen molar-refractivity contribution < 1.29 is 8.42 Å². The van der Waals surface area contributed by atoms with Gasteiger partial charge in [0.15, 0.2) is 0 Å². The second kappa shape index (κ2) is 5.20. The molecule has 0 fully saturated rings. The van der Waals surface area contributed by atoms with Crippen molar-refractivity contribution >= 4 is 32.7 Å². The van der Waals surface area contributed by atoms with Gasteiger partial charge < -0.3 is 0 Å². The number of nitrogens with zero attached hydrogens (tertiary/aromatic N) is 1. The molecule has 0 atom stereocenters. The summed E-state index contributed by atoms with van der Waals surface area (Å²) in [5, 5.41) is 10.6. The van der Waals surface area contributed by atoms with Crippen LogP contribution >= 0.6 is 22.7 Å². The zero-order valence-electron chi connectivity index (χ0n) is 9.50. The third-order valence-corrected chi connectivity index (χ3v) is 6.25. The van der Waals surface area contributed by atoms with Crippen LogP contribution in [-0.2, 0) is 16.6 Å². The maximum absolute atomic E-state index is 12.0. The van der Waals surface area contributed by atoms with Gasteiger partial charge in [-0.05, 0) is 36.1 Å². The fourth-order valence-electron chi connectivity index (χ4n) is 1.34. The topological polar surface area (TPSA) is 70.0 Å². The van der Waals surface area contributed by atoms with Gasteiger partial charge in [0, 0.05) is 11.4 Å². The lowest BCUT2D eigenvalue weighted by atomic mass is 10.3. The van der Waals surface area contributed by atoms with Gasteiger partial charge in [-0.3, -0.25) is 0 Å². The molecule has 94 valence electrons. The molecule has 0 radical (unpaired) electrons. The number of hydrogen-bond donors (Lipinski definition) is 1. The van der Waals surface area contributed by atoms with Crippen molar-refractivity contribution in [2.75, 3.05) is 0 Å². The minimum absolute atomic E-state index is 0.174. The first-order chi connectivity index (χ1) is 8.53. The summed E-state index contributed by atoms with van der Waals surface area (Å²) < 4.78 is 26.6. The van der Waals surface area contributed by atoms with E-state index in [0.717, 1.165) is 21.8 Å². The molecule has 0 saturated carbocycles. The van der Waals surface area contributed by atoms with Gasteiger partial charge in [0.2, 0.25) is 10.0 Å². The molecule has 2 aromatic heterocycles. The van der Waals surface area contributed by atoms with Crippen molar-refractivity contribution in [2.45, 2.75) is 17.7 Å². The summed E-state index contributed by atoms with van der Waals surface area (Å²) in [6.07, 6.45) is 0. The van der Waals surface area contributed by atoms with Gasteiger partial charge in [-0.25, -0.2) is 13.1 Å². The van der Waals surface area contributed by atoms with E-state index in [0.29, 0.717) is 4.88 Å². The number of rotatable bonds is 4. The molecule has 0 saturated heterocycles. The van der Waals surface area contributed by atoms with Crippen LogP contribution in [0, 0.1) is 18.3 Å². The van der Waals surface area contributed by atoms with E-state index >= 15 is 0 Å². The second-order valence-corrected chi connectivity index (χ2v) is 7.66. The Morgan fingerprint density at radius 3 is 2.72 bits per heavy atom. The molecule has 2 rings (SSSR count). The molecule has 0 unspecified atom stereocenters. The van der Waals surface area contributed by atoms with Crippen LogP contribution in [0.4, 0.5) is 0 Å². The first kappa shape index (κ1) is 13.2. The van der Waals surface area contributed by atoms with E-state index in [9.17, 15) is 8.42 Å². The number of sulfonamides is 1. The van der Waals surface area contributed by atoms with E-state index in [2.05, 4.69) is 4.72 Å². The van der Waals surface area contributed by atoms with Crippen LogP contribution in [0.25, 0.3) is 0 Å². The lowest BCUT2D eigenvalue weighted by Gasteiger charge is -2.03. The molecule has 0 aromatic carbocycles. The Balaban J connectivity index is 2.13. The molecule has 2 aromatic rings. The number of nitrogens with one attached hydrogen (secondary N) is 1. The van der Waals surface area contributed by atoms with Gasteiger partial charge in [-0.1, -0.05) is 0 Å². The molecular weight excluding hydrogens is 288 g/mol. The molecule has 0 spiro atoms. The fourth-order valence-corrected chi connectivity index (χ4v) is 4.42. The van der Waals surface area contributed by atoms with E-state index in [-0.39, 0.29) is 10.8 Å². The predicted octanol–water partition coefficient (Wildman–Crippen LogP) is 2.47. The van der Waals surface area contributed by atoms with E-state index in [1.807, 2.05) is 24.4 Å². The molecule has 7 heteroatoms.